The van der Waals surface area contributed by atoms with E-state index in [4.69, 9.17) is 9.47 Å². The molecule has 3 rings (SSSR count). The number of pyridine rings is 1. The van der Waals surface area contributed by atoms with Gasteiger partial charge in [-0.05, 0) is 40.2 Å². The Morgan fingerprint density at radius 2 is 1.95 bits per heavy atom. The lowest BCUT2D eigenvalue weighted by Gasteiger charge is -2.16. The Labute approximate surface area is 126 Å². The smallest absolute Gasteiger partial charge is 0.246 e. The highest BCUT2D eigenvalue weighted by Crippen LogP contribution is 2.40. The van der Waals surface area contributed by atoms with Crippen molar-refractivity contribution in [1.82, 2.24) is 4.98 Å². The second kappa shape index (κ2) is 4.98. The number of benzene rings is 1. The zero-order valence-corrected chi connectivity index (χ0v) is 12.9. The number of halogens is 1. The molecule has 2 heterocycles. The predicted molar refractivity (Wildman–Crippen MR) is 81.0 cm³/mol. The Balaban J connectivity index is 1.69. The lowest BCUT2D eigenvalue weighted by molar-refractivity contribution is -0.0431. The van der Waals surface area contributed by atoms with E-state index in [0.717, 1.165) is 27.4 Å². The lowest BCUT2D eigenvalue weighted by atomic mass is 10.2. The summed E-state index contributed by atoms with van der Waals surface area (Å²) in [5, 5.41) is 3.32. The fourth-order valence-electron chi connectivity index (χ4n) is 2.04. The van der Waals surface area contributed by atoms with E-state index < -0.39 is 5.79 Å². The molecule has 0 saturated heterocycles. The Kier molecular flexibility index (Phi) is 3.30. The van der Waals surface area contributed by atoms with E-state index in [2.05, 4.69) is 26.2 Å². The number of hydrogen-bond donors (Lipinski definition) is 1. The Morgan fingerprint density at radius 3 is 2.70 bits per heavy atom. The minimum atomic E-state index is -0.589. The lowest BCUT2D eigenvalue weighted by Crippen LogP contribution is -2.29. The summed E-state index contributed by atoms with van der Waals surface area (Å²) in [4.78, 5) is 4.32. The predicted octanol–water partition coefficient (Wildman–Crippen LogP) is 3.96. The summed E-state index contributed by atoms with van der Waals surface area (Å²) >= 11 is 3.37. The zero-order chi connectivity index (χ0) is 14.2. The number of fused-ring (bicyclic) bond motifs is 1. The molecule has 5 heteroatoms. The summed E-state index contributed by atoms with van der Waals surface area (Å²) in [6.45, 7) is 4.45. The van der Waals surface area contributed by atoms with Crippen molar-refractivity contribution in [2.75, 3.05) is 5.32 Å². The topological polar surface area (TPSA) is 43.4 Å². The second-order valence-electron chi connectivity index (χ2n) is 5.09. The molecule has 1 N–H and O–H groups in total. The second-order valence-corrected chi connectivity index (χ2v) is 6.00. The molecule has 0 fully saturated rings. The van der Waals surface area contributed by atoms with Crippen LogP contribution < -0.4 is 14.8 Å². The maximum atomic E-state index is 5.72. The molecule has 0 spiro atoms. The van der Waals surface area contributed by atoms with Gasteiger partial charge in [-0.2, -0.15) is 0 Å². The Hall–Kier alpha value is -1.75. The van der Waals surface area contributed by atoms with Gasteiger partial charge in [0.05, 0.1) is 12.2 Å². The maximum absolute atomic E-state index is 5.72. The van der Waals surface area contributed by atoms with E-state index in [1.54, 1.807) is 6.20 Å². The third-order valence-corrected chi connectivity index (χ3v) is 3.39. The van der Waals surface area contributed by atoms with Crippen LogP contribution in [0.25, 0.3) is 0 Å². The summed E-state index contributed by atoms with van der Waals surface area (Å²) in [5.41, 5.74) is 1.96. The minimum Gasteiger partial charge on any atom is -0.449 e. The Morgan fingerprint density at radius 1 is 1.15 bits per heavy atom. The Bertz CT molecular complexity index is 626. The molecule has 0 bridgehead atoms. The van der Waals surface area contributed by atoms with Crippen molar-refractivity contribution in [3.05, 3.63) is 46.7 Å². The van der Waals surface area contributed by atoms with Crippen molar-refractivity contribution in [2.45, 2.75) is 26.2 Å². The molecule has 0 unspecified atom stereocenters. The number of hydrogen-bond acceptors (Lipinski definition) is 4. The van der Waals surface area contributed by atoms with Crippen LogP contribution in [0.15, 0.2) is 41.0 Å². The van der Waals surface area contributed by atoms with Crippen LogP contribution in [-0.2, 0) is 6.54 Å². The molecular weight excluding hydrogens is 320 g/mol. The third-order valence-electron chi connectivity index (χ3n) is 2.92. The van der Waals surface area contributed by atoms with Crippen molar-refractivity contribution in [3.63, 3.8) is 0 Å². The standard InChI is InChI=1S/C15H15BrN2O2/c1-15(2)19-13-6-5-11(7-14(13)20-15)18-9-12-4-3-10(16)8-17-12/h3-8,18H,9H2,1-2H3. The molecular formula is C15H15BrN2O2. The molecule has 0 amide bonds. The van der Waals surface area contributed by atoms with Gasteiger partial charge in [-0.1, -0.05) is 0 Å². The summed E-state index contributed by atoms with van der Waals surface area (Å²) in [5.74, 6) is 0.958. The molecule has 2 aromatic rings. The highest BCUT2D eigenvalue weighted by molar-refractivity contribution is 9.10. The van der Waals surface area contributed by atoms with Gasteiger partial charge >= 0.3 is 0 Å². The molecule has 1 aliphatic rings. The maximum Gasteiger partial charge on any atom is 0.246 e. The third kappa shape index (κ3) is 2.88. The fourth-order valence-corrected chi connectivity index (χ4v) is 2.27. The molecule has 1 aliphatic heterocycles. The first-order valence-corrected chi connectivity index (χ1v) is 7.17. The average Bonchev–Trinajstić information content (AvgIpc) is 2.71. The van der Waals surface area contributed by atoms with Gasteiger partial charge < -0.3 is 14.8 Å². The van der Waals surface area contributed by atoms with Crippen LogP contribution in [0.2, 0.25) is 0 Å². The van der Waals surface area contributed by atoms with E-state index >= 15 is 0 Å². The van der Waals surface area contributed by atoms with E-state index in [9.17, 15) is 0 Å². The molecule has 0 saturated carbocycles. The van der Waals surface area contributed by atoms with E-state index in [1.807, 2.05) is 44.2 Å². The van der Waals surface area contributed by atoms with Gasteiger partial charge in [-0.3, -0.25) is 4.98 Å². The van der Waals surface area contributed by atoms with Gasteiger partial charge in [0.2, 0.25) is 5.79 Å². The SMILES string of the molecule is CC1(C)Oc2ccc(NCc3ccc(Br)cn3)cc2O1. The monoisotopic (exact) mass is 334 g/mol. The van der Waals surface area contributed by atoms with Crippen LogP contribution in [0.3, 0.4) is 0 Å². The number of rotatable bonds is 3. The molecule has 1 aromatic carbocycles. The van der Waals surface area contributed by atoms with Gasteiger partial charge in [0.15, 0.2) is 11.5 Å². The van der Waals surface area contributed by atoms with Crippen molar-refractivity contribution in [3.8, 4) is 11.5 Å². The van der Waals surface area contributed by atoms with Crippen LogP contribution in [0.5, 0.6) is 11.5 Å². The van der Waals surface area contributed by atoms with Gasteiger partial charge in [0.1, 0.15) is 0 Å². The van der Waals surface area contributed by atoms with Crippen LogP contribution >= 0.6 is 15.9 Å². The number of nitrogens with one attached hydrogen (secondary N) is 1. The zero-order valence-electron chi connectivity index (χ0n) is 11.3. The van der Waals surface area contributed by atoms with Crippen LogP contribution in [0, 0.1) is 0 Å². The van der Waals surface area contributed by atoms with Gasteiger partial charge in [-0.15, -0.1) is 0 Å². The van der Waals surface area contributed by atoms with E-state index in [-0.39, 0.29) is 0 Å². The minimum absolute atomic E-state index is 0.589. The first kappa shape index (κ1) is 13.2. The molecule has 0 atom stereocenters. The molecule has 0 radical (unpaired) electrons. The first-order valence-electron chi connectivity index (χ1n) is 6.38. The number of nitrogens with zero attached hydrogens (tertiary/aromatic N) is 1. The van der Waals surface area contributed by atoms with Crippen molar-refractivity contribution < 1.29 is 9.47 Å². The largest absolute Gasteiger partial charge is 0.449 e. The normalized spacial score (nSPS) is 15.2. The molecule has 20 heavy (non-hydrogen) atoms. The highest BCUT2D eigenvalue weighted by atomic mass is 79.9. The molecule has 104 valence electrons. The van der Waals surface area contributed by atoms with Crippen LogP contribution in [0.1, 0.15) is 19.5 Å². The van der Waals surface area contributed by atoms with Crippen molar-refractivity contribution >= 4 is 21.6 Å². The van der Waals surface area contributed by atoms with Gasteiger partial charge in [0.25, 0.3) is 0 Å². The van der Waals surface area contributed by atoms with Gasteiger partial charge in [-0.25, -0.2) is 0 Å². The number of anilines is 1. The highest BCUT2D eigenvalue weighted by Gasteiger charge is 2.31. The first-order chi connectivity index (χ1) is 9.52. The summed E-state index contributed by atoms with van der Waals surface area (Å²) < 4.78 is 12.4. The number of aromatic nitrogens is 1. The molecule has 1 aromatic heterocycles. The number of ether oxygens (including phenoxy) is 2. The van der Waals surface area contributed by atoms with E-state index in [1.165, 1.54) is 0 Å². The molecule has 4 nitrogen and oxygen atoms in total. The van der Waals surface area contributed by atoms with Gasteiger partial charge in [0, 0.05) is 36.3 Å². The van der Waals surface area contributed by atoms with Crippen molar-refractivity contribution in [2.24, 2.45) is 0 Å². The fraction of sp³-hybridized carbons (Fsp3) is 0.267. The van der Waals surface area contributed by atoms with Crippen molar-refractivity contribution in [1.29, 1.82) is 0 Å². The quantitative estimate of drug-likeness (QED) is 0.922. The summed E-state index contributed by atoms with van der Waals surface area (Å²) in [7, 11) is 0. The average molecular weight is 335 g/mol. The summed E-state index contributed by atoms with van der Waals surface area (Å²) in [6, 6.07) is 9.80. The van der Waals surface area contributed by atoms with Crippen LogP contribution in [0.4, 0.5) is 5.69 Å². The van der Waals surface area contributed by atoms with E-state index in [0.29, 0.717) is 6.54 Å². The summed E-state index contributed by atoms with van der Waals surface area (Å²) in [6.07, 6.45) is 1.79. The van der Waals surface area contributed by atoms with Crippen LogP contribution in [-0.4, -0.2) is 10.8 Å². The molecule has 0 aliphatic carbocycles.